The molecule has 1 N–H and O–H groups in total. The minimum atomic E-state index is -2.87. The molecule has 0 aromatic heterocycles. The van der Waals surface area contributed by atoms with Crippen molar-refractivity contribution in [1.29, 1.82) is 0 Å². The van der Waals surface area contributed by atoms with Crippen LogP contribution in [0.4, 0.5) is 0 Å². The molecule has 1 unspecified atom stereocenters. The number of likely N-dealkylation sites (N-methyl/N-ethyl adjacent to an activating group) is 1. The van der Waals surface area contributed by atoms with Crippen LogP contribution in [0, 0.1) is 0 Å². The Balaban J connectivity index is 1.71. The van der Waals surface area contributed by atoms with Gasteiger partial charge < -0.3 is 15.1 Å². The van der Waals surface area contributed by atoms with Crippen LogP contribution in [0.15, 0.2) is 0 Å². The normalized spacial score (nSPS) is 27.6. The molecule has 1 atom stereocenters. The third kappa shape index (κ3) is 4.15. The van der Waals surface area contributed by atoms with Gasteiger partial charge in [0, 0.05) is 32.2 Å². The molecule has 0 aromatic carbocycles. The molecule has 2 aliphatic heterocycles. The fraction of sp³-hybridized carbons (Fsp3) is 0.917. The summed E-state index contributed by atoms with van der Waals surface area (Å²) in [4.78, 5) is 16.2. The van der Waals surface area contributed by atoms with E-state index in [4.69, 9.17) is 0 Å². The zero-order valence-electron chi connectivity index (χ0n) is 11.5. The van der Waals surface area contributed by atoms with Crippen LogP contribution in [0.3, 0.4) is 0 Å². The lowest BCUT2D eigenvalue weighted by atomic mass is 10.2. The highest BCUT2D eigenvalue weighted by molar-refractivity contribution is 7.91. The van der Waals surface area contributed by atoms with Gasteiger partial charge in [0.25, 0.3) is 0 Å². The average molecular weight is 289 g/mol. The lowest BCUT2D eigenvalue weighted by Crippen LogP contribution is -2.51. The minimum absolute atomic E-state index is 0.0501. The van der Waals surface area contributed by atoms with Crippen LogP contribution in [-0.4, -0.2) is 80.9 Å². The van der Waals surface area contributed by atoms with Gasteiger partial charge in [0.05, 0.1) is 18.1 Å². The summed E-state index contributed by atoms with van der Waals surface area (Å²) in [5, 5.41) is 3.08. The molecule has 2 heterocycles. The van der Waals surface area contributed by atoms with Gasteiger partial charge in [-0.1, -0.05) is 6.92 Å². The molecule has 6 nitrogen and oxygen atoms in total. The number of sulfone groups is 1. The summed E-state index contributed by atoms with van der Waals surface area (Å²) >= 11 is 0. The molecule has 2 rings (SSSR count). The molecule has 7 heteroatoms. The Morgan fingerprint density at radius 3 is 2.47 bits per heavy atom. The number of nitrogens with one attached hydrogen (secondary N) is 1. The maximum Gasteiger partial charge on any atom is 0.236 e. The summed E-state index contributed by atoms with van der Waals surface area (Å²) in [5.74, 6) is 0.498. The molecule has 2 fully saturated rings. The third-order valence-electron chi connectivity index (χ3n) is 3.95. The van der Waals surface area contributed by atoms with Crippen LogP contribution in [-0.2, 0) is 14.6 Å². The van der Waals surface area contributed by atoms with Crippen molar-refractivity contribution < 1.29 is 13.2 Å². The van der Waals surface area contributed by atoms with Crippen LogP contribution in [0.2, 0.25) is 0 Å². The van der Waals surface area contributed by atoms with Gasteiger partial charge in [-0.15, -0.1) is 0 Å². The first kappa shape index (κ1) is 14.7. The van der Waals surface area contributed by atoms with E-state index in [-0.39, 0.29) is 30.0 Å². The van der Waals surface area contributed by atoms with E-state index in [2.05, 4.69) is 17.1 Å². The number of carbonyl (C=O) groups is 1. The highest BCUT2D eigenvalue weighted by atomic mass is 32.2. The Hall–Kier alpha value is -0.660. The second kappa shape index (κ2) is 6.19. The lowest BCUT2D eigenvalue weighted by Gasteiger charge is -2.34. The molecule has 19 heavy (non-hydrogen) atoms. The smallest absolute Gasteiger partial charge is 0.236 e. The third-order valence-corrected chi connectivity index (χ3v) is 5.71. The molecular weight excluding hydrogens is 266 g/mol. The van der Waals surface area contributed by atoms with Gasteiger partial charge in [0.2, 0.25) is 5.91 Å². The largest absolute Gasteiger partial charge is 0.339 e. The van der Waals surface area contributed by atoms with E-state index in [0.717, 1.165) is 32.7 Å². The summed E-state index contributed by atoms with van der Waals surface area (Å²) in [5.41, 5.74) is 0. The molecular formula is C12H23N3O3S. The summed E-state index contributed by atoms with van der Waals surface area (Å²) in [6, 6.07) is -0.0501. The molecule has 0 saturated carbocycles. The maximum absolute atomic E-state index is 12.0. The topological polar surface area (TPSA) is 69.7 Å². The fourth-order valence-corrected chi connectivity index (χ4v) is 4.32. The second-order valence-corrected chi connectivity index (χ2v) is 7.52. The summed E-state index contributed by atoms with van der Waals surface area (Å²) in [6.45, 7) is 6.82. The monoisotopic (exact) mass is 289 g/mol. The molecule has 0 radical (unpaired) electrons. The molecule has 0 aliphatic carbocycles. The number of amides is 1. The first-order valence-electron chi connectivity index (χ1n) is 6.94. The van der Waals surface area contributed by atoms with Crippen LogP contribution in [0.5, 0.6) is 0 Å². The van der Waals surface area contributed by atoms with E-state index in [1.165, 1.54) is 0 Å². The first-order valence-corrected chi connectivity index (χ1v) is 8.76. The number of rotatable bonds is 4. The SMILES string of the molecule is CCN1CCN(C(=O)CNC2CCS(=O)(=O)C2)CC1. The fourth-order valence-electron chi connectivity index (χ4n) is 2.61. The summed E-state index contributed by atoms with van der Waals surface area (Å²) in [7, 11) is -2.87. The van der Waals surface area contributed by atoms with Crippen molar-refractivity contribution >= 4 is 15.7 Å². The van der Waals surface area contributed by atoms with E-state index in [1.54, 1.807) is 0 Å². The maximum atomic E-state index is 12.0. The van der Waals surface area contributed by atoms with Gasteiger partial charge in [0.15, 0.2) is 9.84 Å². The van der Waals surface area contributed by atoms with Gasteiger partial charge in [-0.05, 0) is 13.0 Å². The van der Waals surface area contributed by atoms with Gasteiger partial charge in [-0.25, -0.2) is 8.42 Å². The Morgan fingerprint density at radius 1 is 1.26 bits per heavy atom. The molecule has 0 spiro atoms. The Labute approximate surface area is 115 Å². The minimum Gasteiger partial charge on any atom is -0.339 e. The van der Waals surface area contributed by atoms with E-state index in [1.807, 2.05) is 4.90 Å². The van der Waals surface area contributed by atoms with Crippen LogP contribution in [0.25, 0.3) is 0 Å². The number of hydrogen-bond acceptors (Lipinski definition) is 5. The van der Waals surface area contributed by atoms with Gasteiger partial charge >= 0.3 is 0 Å². The Morgan fingerprint density at radius 2 is 1.95 bits per heavy atom. The zero-order chi connectivity index (χ0) is 13.9. The quantitative estimate of drug-likeness (QED) is 0.713. The average Bonchev–Trinajstić information content (AvgIpc) is 2.76. The number of nitrogens with zero attached hydrogens (tertiary/aromatic N) is 2. The Bertz CT molecular complexity index is 416. The van der Waals surface area contributed by atoms with Crippen molar-refractivity contribution in [1.82, 2.24) is 15.1 Å². The second-order valence-electron chi connectivity index (χ2n) is 5.30. The lowest BCUT2D eigenvalue weighted by molar-refractivity contribution is -0.132. The highest BCUT2D eigenvalue weighted by Crippen LogP contribution is 2.11. The number of piperazine rings is 1. The molecule has 2 saturated heterocycles. The van der Waals surface area contributed by atoms with E-state index < -0.39 is 9.84 Å². The van der Waals surface area contributed by atoms with Crippen LogP contribution < -0.4 is 5.32 Å². The van der Waals surface area contributed by atoms with E-state index in [9.17, 15) is 13.2 Å². The standard InChI is InChI=1S/C12H23N3O3S/c1-2-14-4-6-15(7-5-14)12(16)9-13-11-3-8-19(17,18)10-11/h11,13H,2-10H2,1H3. The highest BCUT2D eigenvalue weighted by Gasteiger charge is 2.28. The van der Waals surface area contributed by atoms with Crippen molar-refractivity contribution in [3.05, 3.63) is 0 Å². The van der Waals surface area contributed by atoms with E-state index >= 15 is 0 Å². The van der Waals surface area contributed by atoms with Gasteiger partial charge in [0.1, 0.15) is 0 Å². The first-order chi connectivity index (χ1) is 9.00. The van der Waals surface area contributed by atoms with Crippen molar-refractivity contribution in [3.8, 4) is 0 Å². The summed E-state index contributed by atoms with van der Waals surface area (Å²) in [6.07, 6.45) is 0.624. The molecule has 1 amide bonds. The van der Waals surface area contributed by atoms with Crippen molar-refractivity contribution in [2.75, 3.05) is 50.8 Å². The summed E-state index contributed by atoms with van der Waals surface area (Å²) < 4.78 is 22.6. The van der Waals surface area contributed by atoms with Crippen LogP contribution >= 0.6 is 0 Å². The number of hydrogen-bond donors (Lipinski definition) is 1. The number of carbonyl (C=O) groups excluding carboxylic acids is 1. The predicted octanol–water partition coefficient (Wildman–Crippen LogP) is -1.07. The molecule has 2 aliphatic rings. The van der Waals surface area contributed by atoms with E-state index in [0.29, 0.717) is 6.42 Å². The van der Waals surface area contributed by atoms with Gasteiger partial charge in [-0.3, -0.25) is 4.79 Å². The zero-order valence-corrected chi connectivity index (χ0v) is 12.3. The molecule has 110 valence electrons. The predicted molar refractivity (Wildman–Crippen MR) is 73.8 cm³/mol. The van der Waals surface area contributed by atoms with Crippen molar-refractivity contribution in [2.24, 2.45) is 0 Å². The molecule has 0 bridgehead atoms. The molecule has 0 aromatic rings. The van der Waals surface area contributed by atoms with Crippen molar-refractivity contribution in [3.63, 3.8) is 0 Å². The van der Waals surface area contributed by atoms with Crippen LogP contribution in [0.1, 0.15) is 13.3 Å². The Kier molecular flexibility index (Phi) is 4.81. The van der Waals surface area contributed by atoms with Gasteiger partial charge in [-0.2, -0.15) is 0 Å². The van der Waals surface area contributed by atoms with Crippen molar-refractivity contribution in [2.45, 2.75) is 19.4 Å².